The number of rotatable bonds is 6. The van der Waals surface area contributed by atoms with Gasteiger partial charge in [-0.15, -0.1) is 0 Å². The molecule has 7 heteroatoms. The molecule has 148 valence electrons. The predicted molar refractivity (Wildman–Crippen MR) is 111 cm³/mol. The second kappa shape index (κ2) is 9.57. The standard InChI is InChI=1S/C21H24ClN3O3/c1-16-7-8-17(13-19(16)22)23-20(26)14-28-15-21(27)25-11-9-24(10-12-25)18-5-3-2-4-6-18/h2-8,13H,9-12,14-15H2,1H3,(H,23,26). The lowest BCUT2D eigenvalue weighted by molar-refractivity contribution is -0.137. The van der Waals surface area contributed by atoms with Gasteiger partial charge in [0.2, 0.25) is 11.8 Å². The Morgan fingerprint density at radius 1 is 1.04 bits per heavy atom. The molecule has 28 heavy (non-hydrogen) atoms. The highest BCUT2D eigenvalue weighted by atomic mass is 35.5. The van der Waals surface area contributed by atoms with Crippen molar-refractivity contribution in [2.75, 3.05) is 49.6 Å². The summed E-state index contributed by atoms with van der Waals surface area (Å²) >= 11 is 6.04. The maximum Gasteiger partial charge on any atom is 0.250 e. The van der Waals surface area contributed by atoms with E-state index in [0.717, 1.165) is 18.7 Å². The molecule has 1 aliphatic heterocycles. The Balaban J connectivity index is 1.37. The number of anilines is 2. The molecular weight excluding hydrogens is 378 g/mol. The third-order valence-electron chi connectivity index (χ3n) is 4.67. The van der Waals surface area contributed by atoms with E-state index in [9.17, 15) is 9.59 Å². The molecule has 1 N–H and O–H groups in total. The summed E-state index contributed by atoms with van der Waals surface area (Å²) in [6.07, 6.45) is 0. The Labute approximate surface area is 170 Å². The molecule has 6 nitrogen and oxygen atoms in total. The molecule has 2 aromatic carbocycles. The number of carbonyl (C=O) groups is 2. The minimum Gasteiger partial charge on any atom is -0.368 e. The minimum absolute atomic E-state index is 0.0982. The number of carbonyl (C=O) groups excluding carboxylic acids is 2. The van der Waals surface area contributed by atoms with Gasteiger partial charge in [-0.1, -0.05) is 35.9 Å². The molecule has 0 aliphatic carbocycles. The fraction of sp³-hybridized carbons (Fsp3) is 0.333. The van der Waals surface area contributed by atoms with Crippen molar-refractivity contribution < 1.29 is 14.3 Å². The van der Waals surface area contributed by atoms with E-state index in [1.165, 1.54) is 5.69 Å². The lowest BCUT2D eigenvalue weighted by Gasteiger charge is -2.36. The van der Waals surface area contributed by atoms with Crippen molar-refractivity contribution in [3.8, 4) is 0 Å². The van der Waals surface area contributed by atoms with Crippen LogP contribution in [0.5, 0.6) is 0 Å². The molecule has 0 radical (unpaired) electrons. The first-order valence-electron chi connectivity index (χ1n) is 9.24. The average Bonchev–Trinajstić information content (AvgIpc) is 2.71. The highest BCUT2D eigenvalue weighted by Crippen LogP contribution is 2.20. The van der Waals surface area contributed by atoms with Gasteiger partial charge >= 0.3 is 0 Å². The lowest BCUT2D eigenvalue weighted by Crippen LogP contribution is -2.49. The predicted octanol–water partition coefficient (Wildman–Crippen LogP) is 2.95. The van der Waals surface area contributed by atoms with Crippen LogP contribution in [-0.2, 0) is 14.3 Å². The summed E-state index contributed by atoms with van der Waals surface area (Å²) in [7, 11) is 0. The molecule has 3 rings (SSSR count). The minimum atomic E-state index is -0.318. The second-order valence-electron chi connectivity index (χ2n) is 6.71. The molecular formula is C21H24ClN3O3. The van der Waals surface area contributed by atoms with E-state index >= 15 is 0 Å². The normalized spacial score (nSPS) is 14.1. The van der Waals surface area contributed by atoms with Crippen LogP contribution in [0, 0.1) is 6.92 Å². The molecule has 1 heterocycles. The van der Waals surface area contributed by atoms with Gasteiger partial charge in [-0.3, -0.25) is 9.59 Å². The number of hydrogen-bond donors (Lipinski definition) is 1. The highest BCUT2D eigenvalue weighted by molar-refractivity contribution is 6.31. The molecule has 2 aromatic rings. The van der Waals surface area contributed by atoms with E-state index in [4.69, 9.17) is 16.3 Å². The first-order valence-corrected chi connectivity index (χ1v) is 9.62. The highest BCUT2D eigenvalue weighted by Gasteiger charge is 2.21. The zero-order valence-electron chi connectivity index (χ0n) is 15.9. The Morgan fingerprint density at radius 3 is 2.43 bits per heavy atom. The number of amides is 2. The van der Waals surface area contributed by atoms with Gasteiger partial charge in [-0.25, -0.2) is 0 Å². The fourth-order valence-electron chi connectivity index (χ4n) is 3.04. The van der Waals surface area contributed by atoms with E-state index in [0.29, 0.717) is 23.8 Å². The van der Waals surface area contributed by atoms with Gasteiger partial charge in [0.25, 0.3) is 0 Å². The number of piperazine rings is 1. The SMILES string of the molecule is Cc1ccc(NC(=O)COCC(=O)N2CCN(c3ccccc3)CC2)cc1Cl. The summed E-state index contributed by atoms with van der Waals surface area (Å²) in [6.45, 7) is 4.46. The van der Waals surface area contributed by atoms with Crippen LogP contribution in [0.15, 0.2) is 48.5 Å². The molecule has 0 aromatic heterocycles. The van der Waals surface area contributed by atoms with E-state index < -0.39 is 0 Å². The third-order valence-corrected chi connectivity index (χ3v) is 5.08. The van der Waals surface area contributed by atoms with E-state index in [1.807, 2.05) is 31.2 Å². The van der Waals surface area contributed by atoms with Crippen LogP contribution in [0.4, 0.5) is 11.4 Å². The number of halogens is 1. The van der Waals surface area contributed by atoms with Gasteiger partial charge in [0, 0.05) is 42.6 Å². The van der Waals surface area contributed by atoms with Crippen molar-refractivity contribution in [2.24, 2.45) is 0 Å². The van der Waals surface area contributed by atoms with Crippen LogP contribution in [0.25, 0.3) is 0 Å². The van der Waals surface area contributed by atoms with Crippen LogP contribution < -0.4 is 10.2 Å². The number of aryl methyl sites for hydroxylation is 1. The summed E-state index contributed by atoms with van der Waals surface area (Å²) in [6, 6.07) is 15.4. The second-order valence-corrected chi connectivity index (χ2v) is 7.12. The fourth-order valence-corrected chi connectivity index (χ4v) is 3.22. The molecule has 2 amide bonds. The van der Waals surface area contributed by atoms with Crippen molar-refractivity contribution in [3.05, 3.63) is 59.1 Å². The zero-order chi connectivity index (χ0) is 19.9. The molecule has 1 fully saturated rings. The molecule has 1 aliphatic rings. The van der Waals surface area contributed by atoms with E-state index in [-0.39, 0.29) is 25.0 Å². The maximum absolute atomic E-state index is 12.3. The molecule has 0 saturated carbocycles. The molecule has 0 spiro atoms. The lowest BCUT2D eigenvalue weighted by atomic mass is 10.2. The van der Waals surface area contributed by atoms with Gasteiger partial charge < -0.3 is 19.9 Å². The first kappa shape index (κ1) is 20.2. The van der Waals surface area contributed by atoms with Gasteiger partial charge in [0.15, 0.2) is 0 Å². The first-order chi connectivity index (χ1) is 13.5. The summed E-state index contributed by atoms with van der Waals surface area (Å²) < 4.78 is 5.30. The van der Waals surface area contributed by atoms with Crippen LogP contribution >= 0.6 is 11.6 Å². The van der Waals surface area contributed by atoms with E-state index in [2.05, 4.69) is 22.3 Å². The van der Waals surface area contributed by atoms with Crippen LogP contribution in [0.2, 0.25) is 5.02 Å². The Bertz CT molecular complexity index is 821. The summed E-state index contributed by atoms with van der Waals surface area (Å²) in [5.74, 6) is -0.416. The molecule has 0 bridgehead atoms. The summed E-state index contributed by atoms with van der Waals surface area (Å²) in [5, 5.41) is 3.29. The van der Waals surface area contributed by atoms with Crippen LogP contribution in [-0.4, -0.2) is 56.1 Å². The number of benzene rings is 2. The third kappa shape index (κ3) is 5.47. The number of nitrogens with zero attached hydrogens (tertiary/aromatic N) is 2. The maximum atomic E-state index is 12.3. The van der Waals surface area contributed by atoms with Crippen molar-refractivity contribution in [1.29, 1.82) is 0 Å². The largest absolute Gasteiger partial charge is 0.368 e. The van der Waals surface area contributed by atoms with E-state index in [1.54, 1.807) is 17.0 Å². The van der Waals surface area contributed by atoms with Crippen molar-refractivity contribution in [1.82, 2.24) is 4.90 Å². The zero-order valence-corrected chi connectivity index (χ0v) is 16.6. The molecule has 0 unspecified atom stereocenters. The molecule has 0 atom stereocenters. The van der Waals surface area contributed by atoms with Crippen molar-refractivity contribution >= 4 is 34.8 Å². The summed E-state index contributed by atoms with van der Waals surface area (Å²) in [4.78, 5) is 28.3. The van der Waals surface area contributed by atoms with Crippen molar-refractivity contribution in [3.63, 3.8) is 0 Å². The van der Waals surface area contributed by atoms with Gasteiger partial charge in [0.1, 0.15) is 13.2 Å². The Morgan fingerprint density at radius 2 is 1.75 bits per heavy atom. The smallest absolute Gasteiger partial charge is 0.250 e. The topological polar surface area (TPSA) is 61.9 Å². The van der Waals surface area contributed by atoms with Crippen molar-refractivity contribution in [2.45, 2.75) is 6.92 Å². The van der Waals surface area contributed by atoms with Crippen LogP contribution in [0.3, 0.4) is 0 Å². The number of hydrogen-bond acceptors (Lipinski definition) is 4. The monoisotopic (exact) mass is 401 g/mol. The van der Waals surface area contributed by atoms with Crippen LogP contribution in [0.1, 0.15) is 5.56 Å². The quantitative estimate of drug-likeness (QED) is 0.808. The number of para-hydroxylation sites is 1. The van der Waals surface area contributed by atoms with Gasteiger partial charge in [-0.05, 0) is 36.8 Å². The summed E-state index contributed by atoms with van der Waals surface area (Å²) in [5.41, 5.74) is 2.71. The molecule has 1 saturated heterocycles. The number of ether oxygens (including phenoxy) is 1. The Hall–Kier alpha value is -2.57. The van der Waals surface area contributed by atoms with Gasteiger partial charge in [-0.2, -0.15) is 0 Å². The number of nitrogens with one attached hydrogen (secondary N) is 1. The Kier molecular flexibility index (Phi) is 6.90. The average molecular weight is 402 g/mol. The van der Waals surface area contributed by atoms with Gasteiger partial charge in [0.05, 0.1) is 0 Å².